The molecule has 0 radical (unpaired) electrons. The average molecular weight is 494 g/mol. The van der Waals surface area contributed by atoms with Crippen LogP contribution in [0.5, 0.6) is 11.5 Å². The Balaban J connectivity index is 1.28. The number of nitrogens with zero attached hydrogens (tertiary/aromatic N) is 1. The van der Waals surface area contributed by atoms with Crippen molar-refractivity contribution >= 4 is 5.91 Å². The number of amides is 1. The molecule has 0 aliphatic carbocycles. The molecule has 7 nitrogen and oxygen atoms in total. The highest BCUT2D eigenvalue weighted by atomic mass is 19.4. The number of nitrogens with two attached hydrogens (primary N) is 1. The number of primary amides is 1. The zero-order chi connectivity index (χ0) is 25.2. The van der Waals surface area contributed by atoms with Gasteiger partial charge >= 0.3 is 6.18 Å². The number of piperidine rings is 1. The van der Waals surface area contributed by atoms with Crippen molar-refractivity contribution < 1.29 is 32.5 Å². The lowest BCUT2D eigenvalue weighted by molar-refractivity contribution is -0.137. The van der Waals surface area contributed by atoms with Crippen LogP contribution in [0, 0.1) is 6.92 Å². The monoisotopic (exact) mass is 493 g/mol. The topological polar surface area (TPSA) is 97.0 Å². The number of hydrogen-bond acceptors (Lipinski definition) is 6. The van der Waals surface area contributed by atoms with Crippen LogP contribution >= 0.6 is 0 Å². The van der Waals surface area contributed by atoms with Crippen LogP contribution < -0.4 is 20.5 Å². The Labute approximate surface area is 202 Å². The Kier molecular flexibility index (Phi) is 7.53. The molecule has 1 fully saturated rings. The van der Waals surface area contributed by atoms with Gasteiger partial charge in [-0.2, -0.15) is 13.2 Å². The van der Waals surface area contributed by atoms with Gasteiger partial charge in [-0.1, -0.05) is 18.2 Å². The number of alkyl halides is 3. The van der Waals surface area contributed by atoms with Crippen molar-refractivity contribution in [2.45, 2.75) is 50.2 Å². The SMILES string of the molecule is Cc1ccc2c(c1)OCC(C(O)CNC1CCN(C(C(N)=O)c3ccc(C(F)(F)F)cc3)CC1)O2. The third kappa shape index (κ3) is 6.06. The molecule has 1 saturated heterocycles. The van der Waals surface area contributed by atoms with E-state index in [4.69, 9.17) is 15.2 Å². The predicted octanol–water partition coefficient (Wildman–Crippen LogP) is 2.80. The van der Waals surface area contributed by atoms with Crippen LogP contribution in [0.4, 0.5) is 13.2 Å². The first-order valence-electron chi connectivity index (χ1n) is 11.6. The minimum Gasteiger partial charge on any atom is -0.486 e. The van der Waals surface area contributed by atoms with E-state index < -0.39 is 35.9 Å². The summed E-state index contributed by atoms with van der Waals surface area (Å²) in [7, 11) is 0. The number of aryl methyl sites for hydroxylation is 1. The fourth-order valence-corrected chi connectivity index (χ4v) is 4.57. The van der Waals surface area contributed by atoms with Crippen molar-refractivity contribution in [2.24, 2.45) is 5.73 Å². The molecule has 4 rings (SSSR count). The second kappa shape index (κ2) is 10.4. The summed E-state index contributed by atoms with van der Waals surface area (Å²) < 4.78 is 50.2. The van der Waals surface area contributed by atoms with Gasteiger partial charge in [0.2, 0.25) is 5.91 Å². The van der Waals surface area contributed by atoms with E-state index in [1.54, 1.807) is 0 Å². The molecule has 3 atom stereocenters. The smallest absolute Gasteiger partial charge is 0.416 e. The quantitative estimate of drug-likeness (QED) is 0.549. The average Bonchev–Trinajstić information content (AvgIpc) is 2.82. The first-order chi connectivity index (χ1) is 16.6. The number of ether oxygens (including phenoxy) is 2. The van der Waals surface area contributed by atoms with E-state index in [0.717, 1.165) is 17.7 Å². The molecule has 2 aliphatic rings. The lowest BCUT2D eigenvalue weighted by Gasteiger charge is -2.37. The maximum Gasteiger partial charge on any atom is 0.416 e. The van der Waals surface area contributed by atoms with Gasteiger partial charge in [0.15, 0.2) is 17.6 Å². The van der Waals surface area contributed by atoms with E-state index in [9.17, 15) is 23.1 Å². The molecule has 2 aromatic carbocycles. The van der Waals surface area contributed by atoms with Crippen LogP contribution in [-0.2, 0) is 11.0 Å². The Morgan fingerprint density at radius 2 is 1.86 bits per heavy atom. The number of nitrogens with one attached hydrogen (secondary N) is 1. The number of likely N-dealkylation sites (tertiary alicyclic amines) is 1. The number of halogens is 3. The van der Waals surface area contributed by atoms with E-state index in [-0.39, 0.29) is 12.6 Å². The number of carbonyl (C=O) groups is 1. The first-order valence-corrected chi connectivity index (χ1v) is 11.6. The second-order valence-corrected chi connectivity index (χ2v) is 9.13. The Morgan fingerprint density at radius 1 is 1.17 bits per heavy atom. The van der Waals surface area contributed by atoms with Gasteiger partial charge < -0.3 is 25.6 Å². The van der Waals surface area contributed by atoms with Gasteiger partial charge in [0.25, 0.3) is 0 Å². The summed E-state index contributed by atoms with van der Waals surface area (Å²) in [6, 6.07) is 9.53. The molecule has 2 aliphatic heterocycles. The van der Waals surface area contributed by atoms with Crippen molar-refractivity contribution in [3.05, 3.63) is 59.2 Å². The molecular weight excluding hydrogens is 463 g/mol. The zero-order valence-electron chi connectivity index (χ0n) is 19.4. The number of carbonyl (C=O) groups excluding carboxylic acids is 1. The standard InChI is InChI=1S/C25H30F3N3O4/c1-15-2-7-20-21(12-15)34-14-22(35-20)19(32)13-30-18-8-10-31(11-9-18)23(24(29)33)16-3-5-17(6-4-16)25(26,27)28/h2-7,12,18-19,22-23,30,32H,8-11,13-14H2,1H3,(H2,29,33). The minimum absolute atomic E-state index is 0.112. The van der Waals surface area contributed by atoms with Crippen LogP contribution in [0.1, 0.15) is 35.6 Å². The van der Waals surface area contributed by atoms with Gasteiger partial charge in [-0.15, -0.1) is 0 Å². The third-order valence-electron chi connectivity index (χ3n) is 6.54. The van der Waals surface area contributed by atoms with Crippen LogP contribution in [0.25, 0.3) is 0 Å². The molecule has 0 bridgehead atoms. The summed E-state index contributed by atoms with van der Waals surface area (Å²) in [6.07, 6.45) is -4.31. The molecule has 35 heavy (non-hydrogen) atoms. The van der Waals surface area contributed by atoms with Crippen LogP contribution in [0.2, 0.25) is 0 Å². The molecule has 0 aromatic heterocycles. The van der Waals surface area contributed by atoms with Gasteiger partial charge in [-0.3, -0.25) is 9.69 Å². The summed E-state index contributed by atoms with van der Waals surface area (Å²) in [5.74, 6) is 0.683. The molecule has 0 spiro atoms. The zero-order valence-corrected chi connectivity index (χ0v) is 19.4. The summed E-state index contributed by atoms with van der Waals surface area (Å²) in [4.78, 5) is 14.0. The summed E-state index contributed by atoms with van der Waals surface area (Å²) in [5.41, 5.74) is 6.35. The predicted molar refractivity (Wildman–Crippen MR) is 123 cm³/mol. The maximum atomic E-state index is 12.9. The number of aliphatic hydroxyl groups excluding tert-OH is 1. The Hall–Kier alpha value is -2.82. The fraction of sp³-hybridized carbons (Fsp3) is 0.480. The van der Waals surface area contributed by atoms with Crippen molar-refractivity contribution in [1.82, 2.24) is 10.2 Å². The first kappa shape index (κ1) is 25.3. The van der Waals surface area contributed by atoms with Crippen molar-refractivity contribution in [1.29, 1.82) is 0 Å². The Bertz CT molecular complexity index is 1020. The lowest BCUT2D eigenvalue weighted by atomic mass is 9.97. The molecule has 190 valence electrons. The number of aliphatic hydroxyl groups is 1. The van der Waals surface area contributed by atoms with Gasteiger partial charge in [0, 0.05) is 25.7 Å². The normalized spacial score (nSPS) is 20.9. The van der Waals surface area contributed by atoms with Crippen LogP contribution in [0.3, 0.4) is 0 Å². The Morgan fingerprint density at radius 3 is 2.49 bits per heavy atom. The molecule has 3 unspecified atom stereocenters. The van der Waals surface area contributed by atoms with E-state index in [0.29, 0.717) is 49.5 Å². The van der Waals surface area contributed by atoms with Crippen molar-refractivity contribution in [2.75, 3.05) is 26.2 Å². The second-order valence-electron chi connectivity index (χ2n) is 9.13. The molecule has 1 amide bonds. The summed E-state index contributed by atoms with van der Waals surface area (Å²) in [5, 5.41) is 14.0. The maximum absolute atomic E-state index is 12.9. The number of fused-ring (bicyclic) bond motifs is 1. The number of rotatable bonds is 7. The number of benzene rings is 2. The number of hydrogen-bond donors (Lipinski definition) is 3. The third-order valence-corrected chi connectivity index (χ3v) is 6.54. The molecule has 10 heteroatoms. The summed E-state index contributed by atoms with van der Waals surface area (Å²) in [6.45, 7) is 3.62. The largest absolute Gasteiger partial charge is 0.486 e. The van der Waals surface area contributed by atoms with Crippen LogP contribution in [0.15, 0.2) is 42.5 Å². The minimum atomic E-state index is -4.44. The summed E-state index contributed by atoms with van der Waals surface area (Å²) >= 11 is 0. The van der Waals surface area contributed by atoms with Crippen molar-refractivity contribution in [3.63, 3.8) is 0 Å². The van der Waals surface area contributed by atoms with Gasteiger partial charge in [0.1, 0.15) is 18.8 Å². The van der Waals surface area contributed by atoms with Crippen molar-refractivity contribution in [3.8, 4) is 11.5 Å². The van der Waals surface area contributed by atoms with Gasteiger partial charge in [0.05, 0.1) is 5.56 Å². The van der Waals surface area contributed by atoms with E-state index in [1.807, 2.05) is 30.0 Å². The van der Waals surface area contributed by atoms with Gasteiger partial charge in [-0.25, -0.2) is 0 Å². The molecule has 0 saturated carbocycles. The molecule has 2 heterocycles. The van der Waals surface area contributed by atoms with E-state index in [1.165, 1.54) is 12.1 Å². The molecule has 2 aromatic rings. The molecule has 4 N–H and O–H groups in total. The highest BCUT2D eigenvalue weighted by molar-refractivity contribution is 5.81. The van der Waals surface area contributed by atoms with E-state index in [2.05, 4.69) is 5.32 Å². The highest BCUT2D eigenvalue weighted by Crippen LogP contribution is 2.33. The lowest BCUT2D eigenvalue weighted by Crippen LogP contribution is -2.50. The highest BCUT2D eigenvalue weighted by Gasteiger charge is 2.33. The van der Waals surface area contributed by atoms with Crippen LogP contribution in [-0.4, -0.2) is 60.4 Å². The fourth-order valence-electron chi connectivity index (χ4n) is 4.57. The van der Waals surface area contributed by atoms with Gasteiger partial charge in [-0.05, 0) is 55.2 Å². The molecular formula is C25H30F3N3O4. The van der Waals surface area contributed by atoms with E-state index >= 15 is 0 Å².